The number of primary sulfonamides is 1. The fraction of sp³-hybridized carbons (Fsp3) is 0.526. The van der Waals surface area contributed by atoms with Gasteiger partial charge >= 0.3 is 29.6 Å². The molecule has 10 nitrogen and oxygen atoms in total. The summed E-state index contributed by atoms with van der Waals surface area (Å²) in [5.74, 6) is -1.48. The van der Waals surface area contributed by atoms with Gasteiger partial charge in [-0.1, -0.05) is 18.5 Å². The molecule has 1 fully saturated rings. The Morgan fingerprint density at radius 3 is 2.65 bits per heavy atom. The van der Waals surface area contributed by atoms with Gasteiger partial charge < -0.3 is 25.4 Å². The van der Waals surface area contributed by atoms with Crippen molar-refractivity contribution in [2.75, 3.05) is 23.4 Å². The Bertz CT molecular complexity index is 1080. The second kappa shape index (κ2) is 12.0. The van der Waals surface area contributed by atoms with Crippen LogP contribution in [0.4, 0.5) is 5.69 Å². The van der Waals surface area contributed by atoms with Crippen LogP contribution in [0.5, 0.6) is 0 Å². The normalized spacial score (nSPS) is 22.8. The van der Waals surface area contributed by atoms with E-state index in [0.717, 1.165) is 6.07 Å². The van der Waals surface area contributed by atoms with Crippen LogP contribution in [0, 0.1) is 5.92 Å². The third-order valence-electron chi connectivity index (χ3n) is 5.53. The van der Waals surface area contributed by atoms with Gasteiger partial charge in [0.15, 0.2) is 0 Å². The van der Waals surface area contributed by atoms with Crippen molar-refractivity contribution in [2.24, 2.45) is 11.1 Å². The fourth-order valence-electron chi connectivity index (χ4n) is 3.78. The summed E-state index contributed by atoms with van der Waals surface area (Å²) in [5, 5.41) is 22.3. The number of hydrogen-bond acceptors (Lipinski definition) is 9. The second-order valence-corrected chi connectivity index (χ2v) is 11.7. The van der Waals surface area contributed by atoms with Crippen molar-refractivity contribution in [1.29, 1.82) is 0 Å². The van der Waals surface area contributed by atoms with Crippen LogP contribution in [0.2, 0.25) is 5.02 Å². The summed E-state index contributed by atoms with van der Waals surface area (Å²) in [6.45, 7) is 2.01. The van der Waals surface area contributed by atoms with E-state index in [2.05, 4.69) is 23.3 Å². The van der Waals surface area contributed by atoms with Crippen LogP contribution in [-0.2, 0) is 19.6 Å². The van der Waals surface area contributed by atoms with Crippen molar-refractivity contribution < 1.29 is 57.5 Å². The molecule has 34 heavy (non-hydrogen) atoms. The maximum absolute atomic E-state index is 12.5. The van der Waals surface area contributed by atoms with E-state index >= 15 is 0 Å². The smallest absolute Gasteiger partial charge is 0.548 e. The predicted molar refractivity (Wildman–Crippen MR) is 127 cm³/mol. The largest absolute Gasteiger partial charge is 1.00 e. The number of aliphatic carboxylic acids is 1. The van der Waals surface area contributed by atoms with E-state index in [1.807, 2.05) is 0 Å². The number of rotatable bonds is 8. The van der Waals surface area contributed by atoms with Gasteiger partial charge in [-0.3, -0.25) is 9.59 Å². The third kappa shape index (κ3) is 6.75. The Morgan fingerprint density at radius 1 is 1.38 bits per heavy atom. The molecule has 3 rings (SSSR count). The van der Waals surface area contributed by atoms with Gasteiger partial charge in [0.2, 0.25) is 15.9 Å². The number of nitrogens with zero attached hydrogens (tertiary/aromatic N) is 1. The molecular formula is C19H24ClN4NaO6S3. The zero-order valence-electron chi connectivity index (χ0n) is 18.6. The molecule has 2 heterocycles. The number of sulfonamides is 1. The number of thiol groups is 1. The van der Waals surface area contributed by atoms with Crippen LogP contribution in [-0.4, -0.2) is 66.6 Å². The number of carboxylic acid groups (broad SMARTS) is 1. The minimum atomic E-state index is -4.08. The molecular weight excluding hydrogens is 535 g/mol. The Morgan fingerprint density at radius 2 is 2.06 bits per heavy atom. The van der Waals surface area contributed by atoms with Crippen molar-refractivity contribution in [1.82, 2.24) is 10.2 Å². The number of hydrogen-bond donors (Lipinski definition) is 4. The van der Waals surface area contributed by atoms with E-state index in [0.29, 0.717) is 30.2 Å². The first-order valence-electron chi connectivity index (χ1n) is 10.1. The number of nitrogens with two attached hydrogens (primary N) is 1. The van der Waals surface area contributed by atoms with Gasteiger partial charge in [0.1, 0.15) is 4.90 Å². The molecule has 1 aromatic rings. The third-order valence-corrected chi connectivity index (χ3v) is 8.74. The van der Waals surface area contributed by atoms with Crippen molar-refractivity contribution in [3.63, 3.8) is 0 Å². The Labute approximate surface area is 234 Å². The van der Waals surface area contributed by atoms with E-state index in [4.69, 9.17) is 16.7 Å². The molecule has 15 heteroatoms. The summed E-state index contributed by atoms with van der Waals surface area (Å²) >= 11 is 11.6. The van der Waals surface area contributed by atoms with Crippen molar-refractivity contribution in [3.05, 3.63) is 22.7 Å². The quantitative estimate of drug-likeness (QED) is 0.192. The van der Waals surface area contributed by atoms with Gasteiger partial charge in [0.25, 0.3) is 5.91 Å². The van der Waals surface area contributed by atoms with E-state index in [1.165, 1.54) is 22.7 Å². The first-order chi connectivity index (χ1) is 15.4. The van der Waals surface area contributed by atoms with E-state index in [1.54, 1.807) is 6.92 Å². The van der Waals surface area contributed by atoms with Crippen molar-refractivity contribution in [2.45, 2.75) is 42.1 Å². The molecule has 0 spiro atoms. The van der Waals surface area contributed by atoms with Crippen LogP contribution < -0.4 is 50.4 Å². The fourth-order valence-corrected chi connectivity index (χ4v) is 6.33. The number of thioether (sulfide) groups is 1. The zero-order valence-corrected chi connectivity index (χ0v) is 23.9. The van der Waals surface area contributed by atoms with Crippen LogP contribution >= 0.6 is 36.0 Å². The number of anilines is 1. The van der Waals surface area contributed by atoms with Crippen LogP contribution in [0.3, 0.4) is 0 Å². The second-order valence-electron chi connectivity index (χ2n) is 7.97. The molecule has 2 amide bonds. The molecule has 2 aliphatic heterocycles. The molecule has 2 aliphatic rings. The topological polar surface area (TPSA) is 162 Å². The Kier molecular flexibility index (Phi) is 10.5. The van der Waals surface area contributed by atoms with E-state index in [9.17, 15) is 27.9 Å². The average molecular weight is 559 g/mol. The Hall–Kier alpha value is -0.670. The summed E-state index contributed by atoms with van der Waals surface area (Å²) in [6.07, 6.45) is 0.351. The summed E-state index contributed by atoms with van der Waals surface area (Å²) in [7, 11) is -4.08. The van der Waals surface area contributed by atoms with Crippen LogP contribution in [0.15, 0.2) is 17.0 Å². The van der Waals surface area contributed by atoms with E-state index in [-0.39, 0.29) is 68.5 Å². The van der Waals surface area contributed by atoms with Gasteiger partial charge in [-0.15, -0.1) is 0 Å². The van der Waals surface area contributed by atoms with Crippen molar-refractivity contribution in [3.8, 4) is 0 Å². The number of carbonyl (C=O) groups excluding carboxylic acids is 3. The number of carbonyl (C=O) groups is 3. The molecule has 182 valence electrons. The molecule has 0 aliphatic carbocycles. The molecule has 0 aromatic heterocycles. The summed E-state index contributed by atoms with van der Waals surface area (Å²) in [5.41, 5.74) is 0.508. The maximum atomic E-state index is 12.5. The van der Waals surface area contributed by atoms with Gasteiger partial charge in [0, 0.05) is 23.5 Å². The summed E-state index contributed by atoms with van der Waals surface area (Å²) in [6, 6.07) is 1.52. The number of amides is 2. The molecule has 0 bridgehead atoms. The predicted octanol–water partition coefficient (Wildman–Crippen LogP) is -3.12. The molecule has 4 N–H and O–H groups in total. The molecule has 0 saturated carbocycles. The standard InChI is InChI=1S/C19H25ClN4O6S3.Na/c1-9(8-31)18(26)24-7-10(4-14(24)19(27)28)32-3-2-16-22-13-6-12(20)15(33(21,29)30)5-11(13)17(25)23-16;/h5-6,9-10,14,16,22,31H,2-4,7-8H2,1H3,(H,23,25)(H,27,28)(H2,21,29,30);/q;+1/p-1/t9?,10?,14-,16?;/m0./s1. The minimum Gasteiger partial charge on any atom is -0.548 e. The zero-order chi connectivity index (χ0) is 24.5. The van der Waals surface area contributed by atoms with Gasteiger partial charge in [0.05, 0.1) is 34.5 Å². The number of likely N-dealkylation sites (tertiary alicyclic amines) is 1. The first kappa shape index (κ1) is 29.6. The maximum Gasteiger partial charge on any atom is 1.00 e. The van der Waals surface area contributed by atoms with Gasteiger partial charge in [-0.2, -0.15) is 24.4 Å². The van der Waals surface area contributed by atoms with Gasteiger partial charge in [-0.25, -0.2) is 13.6 Å². The minimum absolute atomic E-state index is 0. The SMILES string of the molecule is CC(CS)C(=O)N1CC(SCCC2NC(=O)c3cc(S(N)(=O)=O)c(Cl)cc3N2)C[C@H]1C(=O)[O-].[Na+]. The van der Waals surface area contributed by atoms with E-state index < -0.39 is 34.1 Å². The molecule has 4 atom stereocenters. The number of nitrogens with one attached hydrogen (secondary N) is 2. The molecule has 0 radical (unpaired) electrons. The average Bonchev–Trinajstić information content (AvgIpc) is 3.15. The number of fused-ring (bicyclic) bond motifs is 1. The van der Waals surface area contributed by atoms with Crippen molar-refractivity contribution >= 4 is 69.5 Å². The Balaban J connectivity index is 0.00000408. The molecule has 1 saturated heterocycles. The van der Waals surface area contributed by atoms with Crippen LogP contribution in [0.1, 0.15) is 30.1 Å². The van der Waals surface area contributed by atoms with Crippen LogP contribution in [0.25, 0.3) is 0 Å². The molecule has 3 unspecified atom stereocenters. The number of benzene rings is 1. The number of halogens is 1. The monoisotopic (exact) mass is 558 g/mol. The summed E-state index contributed by atoms with van der Waals surface area (Å²) in [4.78, 5) is 37.5. The van der Waals surface area contributed by atoms with Gasteiger partial charge in [-0.05, 0) is 30.7 Å². The molecule has 1 aromatic carbocycles. The summed E-state index contributed by atoms with van der Waals surface area (Å²) < 4.78 is 23.3. The first-order valence-corrected chi connectivity index (χ1v) is 13.7. The number of carboxylic acids is 1.